The van der Waals surface area contributed by atoms with Crippen LogP contribution in [-0.2, 0) is 11.3 Å². The zero-order chi connectivity index (χ0) is 21.6. The van der Waals surface area contributed by atoms with Crippen LogP contribution in [0.5, 0.6) is 0 Å². The van der Waals surface area contributed by atoms with Gasteiger partial charge in [0.1, 0.15) is 0 Å². The normalized spacial score (nSPS) is 18.5. The van der Waals surface area contributed by atoms with Crippen LogP contribution >= 0.6 is 24.0 Å². The molecule has 1 aromatic carbocycles. The van der Waals surface area contributed by atoms with Gasteiger partial charge in [-0.15, -0.1) is 24.0 Å². The van der Waals surface area contributed by atoms with Gasteiger partial charge in [-0.1, -0.05) is 24.3 Å². The van der Waals surface area contributed by atoms with Crippen molar-refractivity contribution in [2.45, 2.75) is 39.3 Å². The van der Waals surface area contributed by atoms with E-state index >= 15 is 0 Å². The highest BCUT2D eigenvalue weighted by atomic mass is 127. The van der Waals surface area contributed by atoms with E-state index in [1.165, 1.54) is 0 Å². The molecule has 1 N–H and O–H groups in total. The number of aliphatic imine (C=N–C) groups is 1. The van der Waals surface area contributed by atoms with Gasteiger partial charge in [-0.25, -0.2) is 4.99 Å². The number of pyridine rings is 1. The number of fused-ring (bicyclic) bond motifs is 1. The van der Waals surface area contributed by atoms with E-state index in [1.807, 2.05) is 17.2 Å². The molecule has 2 fully saturated rings. The summed E-state index contributed by atoms with van der Waals surface area (Å²) in [4.78, 5) is 28.9. The topological polar surface area (TPSA) is 64.1 Å². The number of halogens is 1. The Morgan fingerprint density at radius 3 is 2.50 bits per heavy atom. The third-order valence-corrected chi connectivity index (χ3v) is 6.39. The SMILES string of the molecule is CCNC(=NCc1cccc2cccnc12)N1CCN(C(C)C(=O)N2CCCC2)CC1.I. The average Bonchev–Trinajstić information content (AvgIpc) is 3.36. The Balaban J connectivity index is 0.00000289. The molecular weight excluding hydrogens is 515 g/mol. The second-order valence-electron chi connectivity index (χ2n) is 8.39. The molecule has 2 saturated heterocycles. The van der Waals surface area contributed by atoms with Gasteiger partial charge in [0.05, 0.1) is 18.1 Å². The first-order valence-electron chi connectivity index (χ1n) is 11.6. The molecule has 32 heavy (non-hydrogen) atoms. The first-order valence-corrected chi connectivity index (χ1v) is 11.6. The number of amides is 1. The number of rotatable bonds is 5. The van der Waals surface area contributed by atoms with Crippen LogP contribution in [0.4, 0.5) is 0 Å². The number of carbonyl (C=O) groups is 1. The minimum atomic E-state index is -0.0402. The lowest BCUT2D eigenvalue weighted by Gasteiger charge is -2.39. The van der Waals surface area contributed by atoms with E-state index in [2.05, 4.69) is 58.2 Å². The van der Waals surface area contributed by atoms with Crippen LogP contribution < -0.4 is 5.32 Å². The summed E-state index contributed by atoms with van der Waals surface area (Å²) >= 11 is 0. The van der Waals surface area contributed by atoms with Crippen molar-refractivity contribution in [3.05, 3.63) is 42.1 Å². The number of benzene rings is 1. The number of piperazine rings is 1. The standard InChI is InChI=1S/C24H34N6O.HI/c1-3-25-24(27-18-21-9-6-8-20-10-7-11-26-22(20)21)30-16-14-28(15-17-30)19(2)23(31)29-12-4-5-13-29;/h6-11,19H,3-5,12-18H2,1-2H3,(H,25,27);1H. The number of guanidine groups is 1. The second kappa shape index (κ2) is 11.8. The maximum absolute atomic E-state index is 12.8. The molecule has 0 bridgehead atoms. The van der Waals surface area contributed by atoms with Gasteiger partial charge in [0, 0.05) is 57.4 Å². The number of hydrogen-bond acceptors (Lipinski definition) is 4. The fourth-order valence-electron chi connectivity index (χ4n) is 4.56. The van der Waals surface area contributed by atoms with Crippen LogP contribution in [-0.4, -0.2) is 83.4 Å². The van der Waals surface area contributed by atoms with Crippen LogP contribution in [0, 0.1) is 0 Å². The number of likely N-dealkylation sites (tertiary alicyclic amines) is 1. The largest absolute Gasteiger partial charge is 0.357 e. The Morgan fingerprint density at radius 1 is 1.06 bits per heavy atom. The molecule has 0 spiro atoms. The third kappa shape index (κ3) is 5.70. The van der Waals surface area contributed by atoms with E-state index in [4.69, 9.17) is 4.99 Å². The molecule has 1 amide bonds. The Labute approximate surface area is 208 Å². The van der Waals surface area contributed by atoms with Gasteiger partial charge in [0.25, 0.3) is 0 Å². The lowest BCUT2D eigenvalue weighted by molar-refractivity contribution is -0.135. The van der Waals surface area contributed by atoms with Crippen LogP contribution in [0.15, 0.2) is 41.5 Å². The van der Waals surface area contributed by atoms with E-state index < -0.39 is 0 Å². The van der Waals surface area contributed by atoms with Crippen molar-refractivity contribution in [2.24, 2.45) is 4.99 Å². The maximum Gasteiger partial charge on any atom is 0.239 e. The minimum Gasteiger partial charge on any atom is -0.357 e. The molecule has 2 aliphatic heterocycles. The number of para-hydroxylation sites is 1. The number of nitrogens with zero attached hydrogens (tertiary/aromatic N) is 5. The molecule has 0 saturated carbocycles. The smallest absolute Gasteiger partial charge is 0.239 e. The molecule has 1 unspecified atom stereocenters. The lowest BCUT2D eigenvalue weighted by Crippen LogP contribution is -2.57. The van der Waals surface area contributed by atoms with Gasteiger partial charge in [-0.2, -0.15) is 0 Å². The van der Waals surface area contributed by atoms with E-state index in [0.29, 0.717) is 6.54 Å². The first kappa shape index (κ1) is 24.7. The Hall–Kier alpha value is -1.94. The van der Waals surface area contributed by atoms with Crippen molar-refractivity contribution in [2.75, 3.05) is 45.8 Å². The fraction of sp³-hybridized carbons (Fsp3) is 0.542. The molecule has 0 radical (unpaired) electrons. The van der Waals surface area contributed by atoms with Crippen molar-refractivity contribution in [3.63, 3.8) is 0 Å². The second-order valence-corrected chi connectivity index (χ2v) is 8.39. The number of hydrogen-bond donors (Lipinski definition) is 1. The summed E-state index contributed by atoms with van der Waals surface area (Å²) in [6, 6.07) is 10.3. The van der Waals surface area contributed by atoms with Gasteiger partial charge in [0.2, 0.25) is 5.91 Å². The predicted molar refractivity (Wildman–Crippen MR) is 140 cm³/mol. The molecular formula is C24H35IN6O. The first-order chi connectivity index (χ1) is 15.2. The summed E-state index contributed by atoms with van der Waals surface area (Å²) in [6.45, 7) is 10.9. The third-order valence-electron chi connectivity index (χ3n) is 6.39. The highest BCUT2D eigenvalue weighted by Gasteiger charge is 2.30. The molecule has 4 rings (SSSR count). The highest BCUT2D eigenvalue weighted by Crippen LogP contribution is 2.17. The summed E-state index contributed by atoms with van der Waals surface area (Å²) in [5.41, 5.74) is 2.15. The Morgan fingerprint density at radius 2 is 1.78 bits per heavy atom. The fourth-order valence-corrected chi connectivity index (χ4v) is 4.56. The van der Waals surface area contributed by atoms with Crippen LogP contribution in [0.1, 0.15) is 32.3 Å². The van der Waals surface area contributed by atoms with Gasteiger partial charge >= 0.3 is 0 Å². The monoisotopic (exact) mass is 550 g/mol. The van der Waals surface area contributed by atoms with Gasteiger partial charge in [-0.3, -0.25) is 14.7 Å². The lowest BCUT2D eigenvalue weighted by atomic mass is 10.1. The molecule has 1 aromatic heterocycles. The van der Waals surface area contributed by atoms with Crippen molar-refractivity contribution in [1.29, 1.82) is 0 Å². The molecule has 2 aliphatic rings. The number of carbonyl (C=O) groups excluding carboxylic acids is 1. The van der Waals surface area contributed by atoms with Gasteiger partial charge in [-0.05, 0) is 38.3 Å². The van der Waals surface area contributed by atoms with Gasteiger partial charge < -0.3 is 15.1 Å². The van der Waals surface area contributed by atoms with Crippen LogP contribution in [0.3, 0.4) is 0 Å². The zero-order valence-electron chi connectivity index (χ0n) is 19.2. The molecule has 174 valence electrons. The minimum absolute atomic E-state index is 0. The average molecular weight is 550 g/mol. The molecule has 0 aliphatic carbocycles. The van der Waals surface area contributed by atoms with E-state index in [1.54, 1.807) is 0 Å². The van der Waals surface area contributed by atoms with Crippen molar-refractivity contribution >= 4 is 46.7 Å². The van der Waals surface area contributed by atoms with Crippen molar-refractivity contribution < 1.29 is 4.79 Å². The molecule has 3 heterocycles. The number of nitrogens with one attached hydrogen (secondary N) is 1. The van der Waals surface area contributed by atoms with Crippen molar-refractivity contribution in [3.8, 4) is 0 Å². The quantitative estimate of drug-likeness (QED) is 0.353. The summed E-state index contributed by atoms with van der Waals surface area (Å²) < 4.78 is 0. The molecule has 2 aromatic rings. The summed E-state index contributed by atoms with van der Waals surface area (Å²) in [6.07, 6.45) is 4.12. The molecule has 1 atom stereocenters. The Kier molecular flexibility index (Phi) is 9.10. The molecule has 7 nitrogen and oxygen atoms in total. The van der Waals surface area contributed by atoms with E-state index in [-0.39, 0.29) is 35.9 Å². The number of aromatic nitrogens is 1. The van der Waals surface area contributed by atoms with Crippen LogP contribution in [0.25, 0.3) is 10.9 Å². The summed E-state index contributed by atoms with van der Waals surface area (Å²) in [5.74, 6) is 1.23. The van der Waals surface area contributed by atoms with Crippen LogP contribution in [0.2, 0.25) is 0 Å². The van der Waals surface area contributed by atoms with Crippen molar-refractivity contribution in [1.82, 2.24) is 25.0 Å². The molecule has 8 heteroatoms. The summed E-state index contributed by atoms with van der Waals surface area (Å²) in [7, 11) is 0. The predicted octanol–water partition coefficient (Wildman–Crippen LogP) is 2.95. The maximum atomic E-state index is 12.8. The zero-order valence-corrected chi connectivity index (χ0v) is 21.5. The van der Waals surface area contributed by atoms with E-state index in [0.717, 1.165) is 81.1 Å². The Bertz CT molecular complexity index is 916. The van der Waals surface area contributed by atoms with E-state index in [9.17, 15) is 4.79 Å². The summed E-state index contributed by atoms with van der Waals surface area (Å²) in [5, 5.41) is 4.59. The van der Waals surface area contributed by atoms with Gasteiger partial charge in [0.15, 0.2) is 5.96 Å². The highest BCUT2D eigenvalue weighted by molar-refractivity contribution is 14.0.